The van der Waals surface area contributed by atoms with Gasteiger partial charge in [-0.15, -0.1) is 0 Å². The highest BCUT2D eigenvalue weighted by molar-refractivity contribution is 6.07. The molecule has 0 saturated heterocycles. The van der Waals surface area contributed by atoms with Crippen molar-refractivity contribution in [3.63, 3.8) is 0 Å². The number of carbonyl (C=O) groups excluding carboxylic acids is 2. The lowest BCUT2D eigenvalue weighted by Crippen LogP contribution is -2.26. The standard InChI is InChI=1S/C15H17NO4/c1-3-19-15(18)12-9-13(20-10(2)17)14(16-12)11-7-5-4-6-8-11/h4-8,12-13H,3,9H2,1-2H3/t12-,13-/m0/s1. The van der Waals surface area contributed by atoms with E-state index in [0.717, 1.165) is 5.56 Å². The minimum absolute atomic E-state index is 0.309. The number of carbonyl (C=O) groups is 2. The van der Waals surface area contributed by atoms with E-state index < -0.39 is 12.1 Å². The lowest BCUT2D eigenvalue weighted by molar-refractivity contribution is -0.148. The molecule has 1 aromatic carbocycles. The molecule has 5 heteroatoms. The lowest BCUT2D eigenvalue weighted by Gasteiger charge is -2.13. The first kappa shape index (κ1) is 14.2. The van der Waals surface area contributed by atoms with E-state index in [-0.39, 0.29) is 11.9 Å². The second-order valence-electron chi connectivity index (χ2n) is 4.48. The molecule has 2 rings (SSSR count). The molecule has 0 aromatic heterocycles. The molecule has 1 aliphatic rings. The summed E-state index contributed by atoms with van der Waals surface area (Å²) in [5.74, 6) is -0.765. The van der Waals surface area contributed by atoms with Crippen molar-refractivity contribution in [3.05, 3.63) is 35.9 Å². The predicted molar refractivity (Wildman–Crippen MR) is 73.6 cm³/mol. The van der Waals surface area contributed by atoms with Crippen LogP contribution in [0.15, 0.2) is 35.3 Å². The van der Waals surface area contributed by atoms with Crippen LogP contribution in [0.25, 0.3) is 0 Å². The maximum Gasteiger partial charge on any atom is 0.331 e. The Bertz CT molecular complexity index is 524. The van der Waals surface area contributed by atoms with Gasteiger partial charge < -0.3 is 9.47 Å². The van der Waals surface area contributed by atoms with Gasteiger partial charge in [0.25, 0.3) is 0 Å². The number of hydrogen-bond donors (Lipinski definition) is 0. The SMILES string of the molecule is CCOC(=O)[C@@H]1C[C@H](OC(C)=O)C(c2ccccc2)=N1. The minimum atomic E-state index is -0.602. The normalized spacial score (nSPS) is 21.2. The molecule has 5 nitrogen and oxygen atoms in total. The summed E-state index contributed by atoms with van der Waals surface area (Å²) < 4.78 is 10.2. The molecule has 0 spiro atoms. The number of aliphatic imine (C=N–C) groups is 1. The van der Waals surface area contributed by atoms with Crippen molar-refractivity contribution < 1.29 is 19.1 Å². The van der Waals surface area contributed by atoms with Crippen LogP contribution in [-0.2, 0) is 19.1 Å². The fourth-order valence-electron chi connectivity index (χ4n) is 2.18. The largest absolute Gasteiger partial charge is 0.464 e. The van der Waals surface area contributed by atoms with E-state index in [1.807, 2.05) is 30.3 Å². The van der Waals surface area contributed by atoms with Crippen LogP contribution in [0.2, 0.25) is 0 Å². The maximum absolute atomic E-state index is 11.8. The summed E-state index contributed by atoms with van der Waals surface area (Å²) in [5, 5.41) is 0. The van der Waals surface area contributed by atoms with E-state index >= 15 is 0 Å². The molecule has 2 atom stereocenters. The Kier molecular flexibility index (Phi) is 4.50. The van der Waals surface area contributed by atoms with Crippen molar-refractivity contribution in [3.8, 4) is 0 Å². The molecule has 0 aliphatic carbocycles. The van der Waals surface area contributed by atoms with E-state index in [4.69, 9.17) is 9.47 Å². The molecule has 0 radical (unpaired) electrons. The maximum atomic E-state index is 11.8. The van der Waals surface area contributed by atoms with E-state index in [9.17, 15) is 9.59 Å². The van der Waals surface area contributed by atoms with Crippen molar-refractivity contribution in [1.29, 1.82) is 0 Å². The van der Waals surface area contributed by atoms with E-state index in [1.54, 1.807) is 6.92 Å². The molecule has 20 heavy (non-hydrogen) atoms. The summed E-state index contributed by atoms with van der Waals surface area (Å²) in [5.41, 5.74) is 1.48. The molecule has 1 aliphatic heterocycles. The Morgan fingerprint density at radius 2 is 2.00 bits per heavy atom. The molecule has 0 saturated carbocycles. The van der Waals surface area contributed by atoms with Gasteiger partial charge in [0.2, 0.25) is 0 Å². The predicted octanol–water partition coefficient (Wildman–Crippen LogP) is 1.74. The highest BCUT2D eigenvalue weighted by atomic mass is 16.5. The monoisotopic (exact) mass is 275 g/mol. The van der Waals surface area contributed by atoms with Crippen molar-refractivity contribution >= 4 is 17.7 Å². The molecule has 0 unspecified atom stereocenters. The summed E-state index contributed by atoms with van der Waals surface area (Å²) in [6, 6.07) is 8.80. The van der Waals surface area contributed by atoms with E-state index in [0.29, 0.717) is 18.7 Å². The van der Waals surface area contributed by atoms with Gasteiger partial charge in [-0.2, -0.15) is 0 Å². The number of nitrogens with zero attached hydrogens (tertiary/aromatic N) is 1. The quantitative estimate of drug-likeness (QED) is 0.785. The molecule has 106 valence electrons. The fourth-order valence-corrected chi connectivity index (χ4v) is 2.18. The van der Waals surface area contributed by atoms with E-state index in [2.05, 4.69) is 4.99 Å². The van der Waals surface area contributed by atoms with Gasteiger partial charge in [-0.05, 0) is 12.5 Å². The van der Waals surface area contributed by atoms with Gasteiger partial charge >= 0.3 is 11.9 Å². The van der Waals surface area contributed by atoms with Crippen molar-refractivity contribution in [2.45, 2.75) is 32.4 Å². The Labute approximate surface area is 117 Å². The minimum Gasteiger partial charge on any atom is -0.464 e. The first-order valence-electron chi connectivity index (χ1n) is 6.58. The Balaban J connectivity index is 2.24. The smallest absolute Gasteiger partial charge is 0.331 e. The van der Waals surface area contributed by atoms with E-state index in [1.165, 1.54) is 6.92 Å². The molecule has 0 fully saturated rings. The van der Waals surface area contributed by atoms with Gasteiger partial charge in [-0.25, -0.2) is 4.79 Å². The Hall–Kier alpha value is -2.17. The molecular weight excluding hydrogens is 258 g/mol. The summed E-state index contributed by atoms with van der Waals surface area (Å²) >= 11 is 0. The number of benzene rings is 1. The third-order valence-corrected chi connectivity index (χ3v) is 2.97. The molecule has 1 aromatic rings. The highest BCUT2D eigenvalue weighted by Crippen LogP contribution is 2.23. The highest BCUT2D eigenvalue weighted by Gasteiger charge is 2.36. The summed E-state index contributed by atoms with van der Waals surface area (Å²) in [6.07, 6.45) is -0.160. The topological polar surface area (TPSA) is 65.0 Å². The van der Waals surface area contributed by atoms with Crippen LogP contribution in [0.4, 0.5) is 0 Å². The summed E-state index contributed by atoms with van der Waals surface area (Å²) in [7, 11) is 0. The first-order chi connectivity index (χ1) is 9.61. The summed E-state index contributed by atoms with van der Waals surface area (Å²) in [4.78, 5) is 27.3. The van der Waals surface area contributed by atoms with Crippen LogP contribution in [-0.4, -0.2) is 36.4 Å². The number of ether oxygens (including phenoxy) is 2. The molecule has 0 amide bonds. The van der Waals surface area contributed by atoms with Crippen LogP contribution in [0.3, 0.4) is 0 Å². The first-order valence-corrected chi connectivity index (χ1v) is 6.58. The zero-order valence-corrected chi connectivity index (χ0v) is 11.5. The molecular formula is C15H17NO4. The molecule has 0 N–H and O–H groups in total. The number of rotatable bonds is 4. The second kappa shape index (κ2) is 6.32. The van der Waals surface area contributed by atoms with Crippen LogP contribution >= 0.6 is 0 Å². The van der Waals surface area contributed by atoms with Crippen LogP contribution < -0.4 is 0 Å². The van der Waals surface area contributed by atoms with Gasteiger partial charge in [-0.3, -0.25) is 9.79 Å². The summed E-state index contributed by atoms with van der Waals surface area (Å²) in [6.45, 7) is 3.41. The molecule has 1 heterocycles. The average molecular weight is 275 g/mol. The third kappa shape index (κ3) is 3.23. The zero-order valence-electron chi connectivity index (χ0n) is 11.5. The van der Waals surface area contributed by atoms with Gasteiger partial charge in [-0.1, -0.05) is 30.3 Å². The van der Waals surface area contributed by atoms with Crippen molar-refractivity contribution in [1.82, 2.24) is 0 Å². The van der Waals surface area contributed by atoms with Crippen molar-refractivity contribution in [2.75, 3.05) is 6.61 Å². The average Bonchev–Trinajstić information content (AvgIpc) is 2.83. The third-order valence-electron chi connectivity index (χ3n) is 2.97. The van der Waals surface area contributed by atoms with Gasteiger partial charge in [0.05, 0.1) is 12.3 Å². The molecule has 0 bridgehead atoms. The van der Waals surface area contributed by atoms with Gasteiger partial charge in [0.1, 0.15) is 6.10 Å². The van der Waals surface area contributed by atoms with Crippen molar-refractivity contribution in [2.24, 2.45) is 4.99 Å². The van der Waals surface area contributed by atoms with Gasteiger partial charge in [0.15, 0.2) is 6.04 Å². The second-order valence-corrected chi connectivity index (χ2v) is 4.48. The zero-order chi connectivity index (χ0) is 14.5. The van der Waals surface area contributed by atoms with Crippen LogP contribution in [0.1, 0.15) is 25.8 Å². The Morgan fingerprint density at radius 3 is 2.60 bits per heavy atom. The lowest BCUT2D eigenvalue weighted by atomic mass is 10.0. The fraction of sp³-hybridized carbons (Fsp3) is 0.400. The van der Waals surface area contributed by atoms with Crippen LogP contribution in [0.5, 0.6) is 0 Å². The number of esters is 2. The van der Waals surface area contributed by atoms with Gasteiger partial charge in [0, 0.05) is 13.3 Å². The number of hydrogen-bond acceptors (Lipinski definition) is 5. The Morgan fingerprint density at radius 1 is 1.30 bits per heavy atom. The van der Waals surface area contributed by atoms with Crippen LogP contribution in [0, 0.1) is 0 Å².